The Hall–Kier alpha value is -2.08. The van der Waals surface area contributed by atoms with Crippen molar-refractivity contribution in [3.05, 3.63) is 29.8 Å². The summed E-state index contributed by atoms with van der Waals surface area (Å²) in [5, 5.41) is 20.8. The van der Waals surface area contributed by atoms with Crippen LogP contribution < -0.4 is 5.32 Å². The Morgan fingerprint density at radius 2 is 1.81 bits per heavy atom. The monoisotopic (exact) mass is 295 g/mol. The normalized spacial score (nSPS) is 12.7. The number of nitrogens with one attached hydrogen (secondary N) is 1. The maximum absolute atomic E-state index is 11.7. The molecule has 0 spiro atoms. The molecule has 0 fully saturated rings. The van der Waals surface area contributed by atoms with E-state index < -0.39 is 23.5 Å². The van der Waals surface area contributed by atoms with Gasteiger partial charge in [-0.2, -0.15) is 0 Å². The number of carboxylic acid groups (broad SMARTS) is 1. The molecule has 1 unspecified atom stereocenters. The van der Waals surface area contributed by atoms with E-state index in [9.17, 15) is 14.7 Å². The summed E-state index contributed by atoms with van der Waals surface area (Å²) in [6.07, 6.45) is 0.136. The highest BCUT2D eigenvalue weighted by Gasteiger charge is 2.21. The summed E-state index contributed by atoms with van der Waals surface area (Å²) < 4.78 is 5.30. The first kappa shape index (κ1) is 17.0. The second-order valence-corrected chi connectivity index (χ2v) is 5.73. The minimum Gasteiger partial charge on any atom is -0.508 e. The predicted octanol–water partition coefficient (Wildman–Crippen LogP) is 1.32. The number of aliphatic carboxylic acids is 1. The van der Waals surface area contributed by atoms with Crippen LogP contribution in [0.4, 0.5) is 0 Å². The molecule has 1 atom stereocenters. The molecule has 0 radical (unpaired) electrons. The molecule has 0 saturated carbocycles. The van der Waals surface area contributed by atoms with Gasteiger partial charge in [0.1, 0.15) is 18.4 Å². The second-order valence-electron chi connectivity index (χ2n) is 5.73. The van der Waals surface area contributed by atoms with Crippen LogP contribution in [0, 0.1) is 0 Å². The molecule has 0 aliphatic rings. The maximum atomic E-state index is 11.7. The molecule has 0 aliphatic heterocycles. The van der Waals surface area contributed by atoms with E-state index in [0.717, 1.165) is 0 Å². The SMILES string of the molecule is CC(C)(C)OCC(=O)NC(Cc1ccc(O)cc1)C(=O)O. The minimum atomic E-state index is -1.12. The number of benzene rings is 1. The van der Waals surface area contributed by atoms with Crippen molar-refractivity contribution in [2.45, 2.75) is 38.8 Å². The molecule has 116 valence electrons. The molecule has 0 bridgehead atoms. The van der Waals surface area contributed by atoms with Gasteiger partial charge >= 0.3 is 5.97 Å². The number of carbonyl (C=O) groups excluding carboxylic acids is 1. The lowest BCUT2D eigenvalue weighted by molar-refractivity contribution is -0.143. The molecular weight excluding hydrogens is 274 g/mol. The zero-order valence-corrected chi connectivity index (χ0v) is 12.4. The molecule has 1 aromatic carbocycles. The predicted molar refractivity (Wildman–Crippen MR) is 77.1 cm³/mol. The smallest absolute Gasteiger partial charge is 0.326 e. The van der Waals surface area contributed by atoms with Crippen molar-refractivity contribution in [3.8, 4) is 5.75 Å². The van der Waals surface area contributed by atoms with Gasteiger partial charge in [-0.3, -0.25) is 4.79 Å². The zero-order valence-electron chi connectivity index (χ0n) is 12.4. The first-order valence-corrected chi connectivity index (χ1v) is 6.61. The molecule has 0 saturated heterocycles. The first-order chi connectivity index (χ1) is 9.67. The van der Waals surface area contributed by atoms with E-state index in [1.165, 1.54) is 12.1 Å². The quantitative estimate of drug-likeness (QED) is 0.735. The largest absolute Gasteiger partial charge is 0.508 e. The van der Waals surface area contributed by atoms with E-state index in [2.05, 4.69) is 5.32 Å². The van der Waals surface area contributed by atoms with Crippen LogP contribution >= 0.6 is 0 Å². The van der Waals surface area contributed by atoms with Gasteiger partial charge in [-0.1, -0.05) is 12.1 Å². The van der Waals surface area contributed by atoms with Crippen molar-refractivity contribution in [2.24, 2.45) is 0 Å². The highest BCUT2D eigenvalue weighted by Crippen LogP contribution is 2.11. The number of aromatic hydroxyl groups is 1. The van der Waals surface area contributed by atoms with E-state index in [1.807, 2.05) is 20.8 Å². The van der Waals surface area contributed by atoms with Crippen LogP contribution in [0.1, 0.15) is 26.3 Å². The number of phenolic OH excluding ortho intramolecular Hbond substituents is 1. The molecule has 1 rings (SSSR count). The summed E-state index contributed by atoms with van der Waals surface area (Å²) in [7, 11) is 0. The molecule has 1 amide bonds. The highest BCUT2D eigenvalue weighted by molar-refractivity contribution is 5.84. The minimum absolute atomic E-state index is 0.105. The standard InChI is InChI=1S/C15H21NO5/c1-15(2,3)21-9-13(18)16-12(14(19)20)8-10-4-6-11(17)7-5-10/h4-7,12,17H,8-9H2,1-3H3,(H,16,18)(H,19,20). The van der Waals surface area contributed by atoms with Crippen LogP contribution in [0.2, 0.25) is 0 Å². The summed E-state index contributed by atoms with van der Waals surface area (Å²) in [5.74, 6) is -1.49. The number of phenols is 1. The number of carboxylic acids is 1. The van der Waals surface area contributed by atoms with Crippen LogP contribution in [-0.4, -0.2) is 40.3 Å². The van der Waals surface area contributed by atoms with Crippen LogP contribution in [-0.2, 0) is 20.7 Å². The third-order valence-corrected chi connectivity index (χ3v) is 2.65. The molecule has 0 aliphatic carbocycles. The number of hydrogen-bond acceptors (Lipinski definition) is 4. The lowest BCUT2D eigenvalue weighted by Crippen LogP contribution is -2.44. The van der Waals surface area contributed by atoms with Crippen molar-refractivity contribution in [2.75, 3.05) is 6.61 Å². The maximum Gasteiger partial charge on any atom is 0.326 e. The van der Waals surface area contributed by atoms with Crippen LogP contribution in [0.25, 0.3) is 0 Å². The van der Waals surface area contributed by atoms with E-state index in [4.69, 9.17) is 9.84 Å². The highest BCUT2D eigenvalue weighted by atomic mass is 16.5. The lowest BCUT2D eigenvalue weighted by atomic mass is 10.1. The van der Waals surface area contributed by atoms with E-state index in [-0.39, 0.29) is 18.8 Å². The number of carbonyl (C=O) groups is 2. The average molecular weight is 295 g/mol. The fourth-order valence-corrected chi connectivity index (χ4v) is 1.59. The number of hydrogen-bond donors (Lipinski definition) is 3. The van der Waals surface area contributed by atoms with Gasteiger partial charge in [-0.05, 0) is 38.5 Å². The van der Waals surface area contributed by atoms with Crippen molar-refractivity contribution in [1.82, 2.24) is 5.32 Å². The van der Waals surface area contributed by atoms with Crippen molar-refractivity contribution >= 4 is 11.9 Å². The van der Waals surface area contributed by atoms with Gasteiger partial charge in [0.15, 0.2) is 0 Å². The molecular formula is C15H21NO5. The van der Waals surface area contributed by atoms with Crippen molar-refractivity contribution < 1.29 is 24.5 Å². The summed E-state index contributed by atoms with van der Waals surface area (Å²) in [5.41, 5.74) is 0.241. The molecule has 0 heterocycles. The Morgan fingerprint density at radius 1 is 1.24 bits per heavy atom. The summed E-state index contributed by atoms with van der Waals surface area (Å²) in [6.45, 7) is 5.24. The van der Waals surface area contributed by atoms with Gasteiger partial charge in [-0.25, -0.2) is 4.79 Å². The second kappa shape index (κ2) is 7.08. The van der Waals surface area contributed by atoms with Crippen LogP contribution in [0.15, 0.2) is 24.3 Å². The molecule has 6 nitrogen and oxygen atoms in total. The molecule has 6 heteroatoms. The number of rotatable bonds is 6. The van der Waals surface area contributed by atoms with Crippen LogP contribution in [0.5, 0.6) is 5.75 Å². The summed E-state index contributed by atoms with van der Waals surface area (Å²) >= 11 is 0. The Bertz CT molecular complexity index is 490. The first-order valence-electron chi connectivity index (χ1n) is 6.61. The molecule has 1 aromatic rings. The summed E-state index contributed by atoms with van der Waals surface area (Å²) in [6, 6.07) is 5.13. The van der Waals surface area contributed by atoms with Gasteiger partial charge in [-0.15, -0.1) is 0 Å². The lowest BCUT2D eigenvalue weighted by Gasteiger charge is -2.20. The van der Waals surface area contributed by atoms with Crippen LogP contribution in [0.3, 0.4) is 0 Å². The Labute approximate surface area is 123 Å². The average Bonchev–Trinajstić information content (AvgIpc) is 2.37. The van der Waals surface area contributed by atoms with E-state index in [0.29, 0.717) is 5.56 Å². The Balaban J connectivity index is 2.59. The number of ether oxygens (including phenoxy) is 1. The van der Waals surface area contributed by atoms with E-state index in [1.54, 1.807) is 12.1 Å². The Morgan fingerprint density at radius 3 is 2.29 bits per heavy atom. The number of amides is 1. The van der Waals surface area contributed by atoms with Gasteiger partial charge in [0.25, 0.3) is 0 Å². The Kier molecular flexibility index (Phi) is 5.72. The zero-order chi connectivity index (χ0) is 16.0. The van der Waals surface area contributed by atoms with Crippen molar-refractivity contribution in [1.29, 1.82) is 0 Å². The summed E-state index contributed by atoms with van der Waals surface area (Å²) in [4.78, 5) is 22.9. The van der Waals surface area contributed by atoms with Gasteiger partial charge in [0.2, 0.25) is 5.91 Å². The van der Waals surface area contributed by atoms with Crippen molar-refractivity contribution in [3.63, 3.8) is 0 Å². The molecule has 0 aromatic heterocycles. The fourth-order valence-electron chi connectivity index (χ4n) is 1.59. The molecule has 3 N–H and O–H groups in total. The topological polar surface area (TPSA) is 95.9 Å². The fraction of sp³-hybridized carbons (Fsp3) is 0.467. The van der Waals surface area contributed by atoms with Gasteiger partial charge in [0, 0.05) is 6.42 Å². The van der Waals surface area contributed by atoms with Gasteiger partial charge < -0.3 is 20.3 Å². The van der Waals surface area contributed by atoms with Gasteiger partial charge in [0.05, 0.1) is 5.60 Å². The van der Waals surface area contributed by atoms with E-state index >= 15 is 0 Å². The molecule has 21 heavy (non-hydrogen) atoms. The third kappa shape index (κ3) is 6.76. The third-order valence-electron chi connectivity index (χ3n) is 2.65.